The highest BCUT2D eigenvalue weighted by atomic mass is 16.6. The van der Waals surface area contributed by atoms with Crippen molar-refractivity contribution in [1.82, 2.24) is 5.32 Å². The summed E-state index contributed by atoms with van der Waals surface area (Å²) >= 11 is 0. The van der Waals surface area contributed by atoms with Gasteiger partial charge < -0.3 is 19.5 Å². The van der Waals surface area contributed by atoms with Crippen LogP contribution in [0.1, 0.15) is 29.8 Å². The SMILES string of the molecule is CC(=O)N[C@H]1[C@@H](OCc2ccccc2)[C@H](OC(C)=O)[C@@H](COC(=O)c2ccccc2)[C@@H]1[N+](=O)[O-]. The fraction of sp³-hybridized carbons (Fsp3) is 0.375. The lowest BCUT2D eigenvalue weighted by Crippen LogP contribution is -2.51. The molecule has 0 bridgehead atoms. The smallest absolute Gasteiger partial charge is 0.338 e. The number of esters is 2. The van der Waals surface area contributed by atoms with E-state index in [2.05, 4.69) is 5.32 Å². The van der Waals surface area contributed by atoms with Gasteiger partial charge in [-0.05, 0) is 17.7 Å². The van der Waals surface area contributed by atoms with Gasteiger partial charge in [0.1, 0.15) is 30.8 Å². The normalized spacial score (nSPS) is 23.6. The van der Waals surface area contributed by atoms with E-state index in [1.165, 1.54) is 13.8 Å². The van der Waals surface area contributed by atoms with Gasteiger partial charge in [0, 0.05) is 18.8 Å². The maximum atomic E-state index is 12.5. The molecule has 3 rings (SSSR count). The number of rotatable bonds is 9. The molecule has 1 aliphatic carbocycles. The van der Waals surface area contributed by atoms with Crippen molar-refractivity contribution >= 4 is 17.8 Å². The third-order valence-corrected chi connectivity index (χ3v) is 5.52. The minimum absolute atomic E-state index is 0.0698. The second kappa shape index (κ2) is 11.4. The number of hydrogen-bond acceptors (Lipinski definition) is 8. The van der Waals surface area contributed by atoms with Crippen LogP contribution in [0.3, 0.4) is 0 Å². The molecule has 1 fully saturated rings. The molecule has 10 nitrogen and oxygen atoms in total. The summed E-state index contributed by atoms with van der Waals surface area (Å²) in [4.78, 5) is 47.8. The molecule has 1 amide bonds. The molecule has 5 atom stereocenters. The third-order valence-electron chi connectivity index (χ3n) is 5.52. The molecule has 0 aliphatic heterocycles. The van der Waals surface area contributed by atoms with Crippen LogP contribution in [-0.2, 0) is 30.4 Å². The highest BCUT2D eigenvalue weighted by molar-refractivity contribution is 5.89. The summed E-state index contributed by atoms with van der Waals surface area (Å²) in [6, 6.07) is 14.7. The first-order valence-electron chi connectivity index (χ1n) is 10.7. The Labute approximate surface area is 196 Å². The Bertz CT molecular complexity index is 1010. The van der Waals surface area contributed by atoms with Crippen LogP contribution in [0.4, 0.5) is 0 Å². The molecule has 10 heteroatoms. The van der Waals surface area contributed by atoms with Crippen LogP contribution >= 0.6 is 0 Å². The number of nitrogens with one attached hydrogen (secondary N) is 1. The molecule has 0 unspecified atom stereocenters. The molecule has 1 N–H and O–H groups in total. The van der Waals surface area contributed by atoms with Gasteiger partial charge in [-0.3, -0.25) is 19.7 Å². The summed E-state index contributed by atoms with van der Waals surface area (Å²) in [5.41, 5.74) is 1.07. The van der Waals surface area contributed by atoms with Crippen molar-refractivity contribution < 1.29 is 33.5 Å². The van der Waals surface area contributed by atoms with E-state index < -0.39 is 59.6 Å². The molecule has 1 aliphatic rings. The number of ether oxygens (including phenoxy) is 3. The Hall–Kier alpha value is -3.79. The molecular formula is C24H26N2O8. The van der Waals surface area contributed by atoms with Gasteiger partial charge in [-0.1, -0.05) is 48.5 Å². The van der Waals surface area contributed by atoms with Gasteiger partial charge in [-0.2, -0.15) is 0 Å². The molecule has 180 valence electrons. The number of nitro groups is 1. The first-order chi connectivity index (χ1) is 16.3. The van der Waals surface area contributed by atoms with Crippen molar-refractivity contribution in [3.63, 3.8) is 0 Å². The first-order valence-corrected chi connectivity index (χ1v) is 10.7. The highest BCUT2D eigenvalue weighted by Gasteiger charge is 2.60. The van der Waals surface area contributed by atoms with Crippen LogP contribution in [0.2, 0.25) is 0 Å². The van der Waals surface area contributed by atoms with Crippen LogP contribution in [0.15, 0.2) is 60.7 Å². The van der Waals surface area contributed by atoms with Crippen molar-refractivity contribution in [3.05, 3.63) is 81.9 Å². The first kappa shape index (κ1) is 24.8. The molecule has 0 aromatic heterocycles. The Morgan fingerprint density at radius 2 is 1.59 bits per heavy atom. The zero-order chi connectivity index (χ0) is 24.7. The topological polar surface area (TPSA) is 134 Å². The minimum atomic E-state index is -1.42. The molecule has 34 heavy (non-hydrogen) atoms. The maximum Gasteiger partial charge on any atom is 0.338 e. The van der Waals surface area contributed by atoms with Crippen LogP contribution in [-0.4, -0.2) is 53.7 Å². The Morgan fingerprint density at radius 1 is 0.971 bits per heavy atom. The van der Waals surface area contributed by atoms with E-state index >= 15 is 0 Å². The van der Waals surface area contributed by atoms with Gasteiger partial charge in [0.25, 0.3) is 0 Å². The van der Waals surface area contributed by atoms with Crippen molar-refractivity contribution in [2.24, 2.45) is 5.92 Å². The number of carbonyl (C=O) groups excluding carboxylic acids is 3. The van der Waals surface area contributed by atoms with Crippen molar-refractivity contribution in [2.75, 3.05) is 6.61 Å². The highest BCUT2D eigenvalue weighted by Crippen LogP contribution is 2.35. The second-order valence-electron chi connectivity index (χ2n) is 7.97. The van der Waals surface area contributed by atoms with Crippen molar-refractivity contribution in [2.45, 2.75) is 44.7 Å². The van der Waals surface area contributed by atoms with Crippen molar-refractivity contribution in [1.29, 1.82) is 0 Å². The number of benzene rings is 2. The predicted octanol–water partition coefficient (Wildman–Crippen LogP) is 2.14. The molecular weight excluding hydrogens is 444 g/mol. The standard InChI is InChI=1S/C24H26N2O8/c1-15(27)25-20-21(26(30)31)19(14-33-24(29)18-11-7-4-8-12-18)22(34-16(2)28)23(20)32-13-17-9-5-3-6-10-17/h3-12,19-23H,13-14H2,1-2H3,(H,25,27)/t19-,20+,21-,22+,23+/m0/s1. The van der Waals surface area contributed by atoms with Crippen LogP contribution < -0.4 is 5.32 Å². The zero-order valence-electron chi connectivity index (χ0n) is 18.8. The summed E-state index contributed by atoms with van der Waals surface area (Å²) in [6.07, 6.45) is -2.17. The monoisotopic (exact) mass is 470 g/mol. The fourth-order valence-corrected chi connectivity index (χ4v) is 4.13. The molecule has 0 heterocycles. The summed E-state index contributed by atoms with van der Waals surface area (Å²) in [5, 5.41) is 14.7. The summed E-state index contributed by atoms with van der Waals surface area (Å²) in [7, 11) is 0. The molecule has 1 saturated carbocycles. The number of carbonyl (C=O) groups is 3. The van der Waals surface area contributed by atoms with Crippen LogP contribution in [0, 0.1) is 16.0 Å². The van der Waals surface area contributed by atoms with E-state index in [-0.39, 0.29) is 12.2 Å². The summed E-state index contributed by atoms with van der Waals surface area (Å²) in [5.74, 6) is -2.91. The number of hydrogen-bond donors (Lipinski definition) is 1. The van der Waals surface area contributed by atoms with Gasteiger partial charge >= 0.3 is 11.9 Å². The Kier molecular flexibility index (Phi) is 8.31. The summed E-state index contributed by atoms with van der Waals surface area (Å²) in [6.45, 7) is 2.07. The summed E-state index contributed by atoms with van der Waals surface area (Å²) < 4.78 is 16.8. The van der Waals surface area contributed by atoms with Crippen LogP contribution in [0.5, 0.6) is 0 Å². The Balaban J connectivity index is 1.89. The quantitative estimate of drug-likeness (QED) is 0.335. The lowest BCUT2D eigenvalue weighted by atomic mass is 10.0. The molecule has 0 saturated heterocycles. The molecule has 0 radical (unpaired) electrons. The van der Waals surface area contributed by atoms with E-state index in [9.17, 15) is 24.5 Å². The van der Waals surface area contributed by atoms with Crippen molar-refractivity contribution in [3.8, 4) is 0 Å². The van der Waals surface area contributed by atoms with E-state index in [0.29, 0.717) is 0 Å². The average Bonchev–Trinajstić information content (AvgIpc) is 3.08. The largest absolute Gasteiger partial charge is 0.461 e. The van der Waals surface area contributed by atoms with Gasteiger partial charge in [-0.15, -0.1) is 0 Å². The van der Waals surface area contributed by atoms with Gasteiger partial charge in [0.05, 0.1) is 12.2 Å². The predicted molar refractivity (Wildman–Crippen MR) is 119 cm³/mol. The van der Waals surface area contributed by atoms with E-state index in [1.807, 2.05) is 30.3 Å². The van der Waals surface area contributed by atoms with Crippen LogP contribution in [0.25, 0.3) is 0 Å². The van der Waals surface area contributed by atoms with Gasteiger partial charge in [-0.25, -0.2) is 4.79 Å². The number of nitrogens with zero attached hydrogens (tertiary/aromatic N) is 1. The molecule has 0 spiro atoms. The van der Waals surface area contributed by atoms with E-state index in [4.69, 9.17) is 14.2 Å². The maximum absolute atomic E-state index is 12.5. The average molecular weight is 470 g/mol. The molecule has 2 aromatic carbocycles. The van der Waals surface area contributed by atoms with Gasteiger partial charge in [0.15, 0.2) is 0 Å². The lowest BCUT2D eigenvalue weighted by molar-refractivity contribution is -0.533. The fourth-order valence-electron chi connectivity index (χ4n) is 4.13. The molecule has 2 aromatic rings. The minimum Gasteiger partial charge on any atom is -0.461 e. The zero-order valence-corrected chi connectivity index (χ0v) is 18.8. The lowest BCUT2D eigenvalue weighted by Gasteiger charge is -2.25. The second-order valence-corrected chi connectivity index (χ2v) is 7.97. The van der Waals surface area contributed by atoms with E-state index in [0.717, 1.165) is 5.56 Å². The number of amides is 1. The Morgan fingerprint density at radius 3 is 2.15 bits per heavy atom. The third kappa shape index (κ3) is 6.16. The van der Waals surface area contributed by atoms with E-state index in [1.54, 1.807) is 30.3 Å². The van der Waals surface area contributed by atoms with Gasteiger partial charge in [0.2, 0.25) is 11.9 Å².